The third kappa shape index (κ3) is 5.09. The van der Waals surface area contributed by atoms with Gasteiger partial charge in [0.15, 0.2) is 18.1 Å². The van der Waals surface area contributed by atoms with Crippen molar-refractivity contribution >= 4 is 34.8 Å². The summed E-state index contributed by atoms with van der Waals surface area (Å²) in [6, 6.07) is 9.67. The first-order valence-corrected chi connectivity index (χ1v) is 8.03. The summed E-state index contributed by atoms with van der Waals surface area (Å²) in [5.74, 6) is -0.378. The standard InChI is InChI=1S/C17H17Cl2FN2O2/c1-22(9-11-3-6-16(24-2)15(20)7-11)10-17(23)21-12-4-5-13(18)14(19)8-12/h3-8H,9-10H2,1-2H3,(H,21,23)/p+1. The highest BCUT2D eigenvalue weighted by Gasteiger charge is 2.13. The fourth-order valence-electron chi connectivity index (χ4n) is 2.28. The van der Waals surface area contributed by atoms with Crippen LogP contribution in [0.5, 0.6) is 5.75 Å². The lowest BCUT2D eigenvalue weighted by Gasteiger charge is -2.14. The number of carbonyl (C=O) groups is 1. The number of hydrogen-bond acceptors (Lipinski definition) is 2. The largest absolute Gasteiger partial charge is 0.494 e. The quantitative estimate of drug-likeness (QED) is 0.819. The number of rotatable bonds is 6. The Bertz CT molecular complexity index is 741. The summed E-state index contributed by atoms with van der Waals surface area (Å²) in [6.45, 7) is 0.740. The van der Waals surface area contributed by atoms with E-state index in [-0.39, 0.29) is 18.2 Å². The molecule has 0 saturated carbocycles. The van der Waals surface area contributed by atoms with Crippen molar-refractivity contribution in [2.24, 2.45) is 0 Å². The molecular weight excluding hydrogens is 354 g/mol. The molecule has 1 amide bonds. The number of benzene rings is 2. The van der Waals surface area contributed by atoms with Gasteiger partial charge in [-0.2, -0.15) is 0 Å². The predicted octanol–water partition coefficient (Wildman–Crippen LogP) is 2.79. The Kier molecular flexibility index (Phi) is 6.43. The highest BCUT2D eigenvalue weighted by atomic mass is 35.5. The van der Waals surface area contributed by atoms with Crippen molar-refractivity contribution in [2.45, 2.75) is 6.54 Å². The molecule has 0 aliphatic heterocycles. The average Bonchev–Trinajstić information content (AvgIpc) is 2.51. The van der Waals surface area contributed by atoms with Gasteiger partial charge in [-0.25, -0.2) is 4.39 Å². The van der Waals surface area contributed by atoms with Crippen LogP contribution in [0.25, 0.3) is 0 Å². The van der Waals surface area contributed by atoms with Crippen molar-refractivity contribution in [2.75, 3.05) is 26.0 Å². The lowest BCUT2D eigenvalue weighted by atomic mass is 10.2. The molecule has 0 spiro atoms. The van der Waals surface area contributed by atoms with Crippen molar-refractivity contribution in [1.82, 2.24) is 0 Å². The van der Waals surface area contributed by atoms with Gasteiger partial charge >= 0.3 is 0 Å². The van der Waals surface area contributed by atoms with Gasteiger partial charge in [0.2, 0.25) is 0 Å². The Hall–Kier alpha value is -1.82. The van der Waals surface area contributed by atoms with Crippen LogP contribution in [0.1, 0.15) is 5.56 Å². The van der Waals surface area contributed by atoms with Crippen LogP contribution >= 0.6 is 23.2 Å². The van der Waals surface area contributed by atoms with Gasteiger partial charge in [0, 0.05) is 11.3 Å². The van der Waals surface area contributed by atoms with Crippen LogP contribution in [-0.4, -0.2) is 26.6 Å². The maximum absolute atomic E-state index is 13.7. The molecule has 0 radical (unpaired) electrons. The number of halogens is 3. The second-order valence-corrected chi connectivity index (χ2v) is 6.27. The molecule has 24 heavy (non-hydrogen) atoms. The minimum Gasteiger partial charge on any atom is -0.494 e. The Morgan fingerprint density at radius 3 is 2.58 bits per heavy atom. The molecule has 1 atom stereocenters. The molecule has 2 N–H and O–H groups in total. The molecule has 128 valence electrons. The van der Waals surface area contributed by atoms with Crippen LogP contribution in [0.15, 0.2) is 36.4 Å². The lowest BCUT2D eigenvalue weighted by Crippen LogP contribution is -3.08. The number of carbonyl (C=O) groups excluding carboxylic acids is 1. The van der Waals surface area contributed by atoms with E-state index in [0.29, 0.717) is 22.3 Å². The van der Waals surface area contributed by atoms with Gasteiger partial charge in [-0.1, -0.05) is 23.2 Å². The van der Waals surface area contributed by atoms with Crippen LogP contribution in [0.4, 0.5) is 10.1 Å². The zero-order valence-electron chi connectivity index (χ0n) is 13.3. The van der Waals surface area contributed by atoms with E-state index < -0.39 is 5.82 Å². The molecule has 4 nitrogen and oxygen atoms in total. The summed E-state index contributed by atoms with van der Waals surface area (Å²) in [4.78, 5) is 13.0. The molecule has 2 rings (SSSR count). The van der Waals surface area contributed by atoms with E-state index in [9.17, 15) is 9.18 Å². The van der Waals surface area contributed by atoms with E-state index in [2.05, 4.69) is 5.32 Å². The molecular formula is C17H18Cl2FN2O2+. The normalized spacial score (nSPS) is 11.9. The number of quaternary nitrogens is 1. The van der Waals surface area contributed by atoms with E-state index >= 15 is 0 Å². The van der Waals surface area contributed by atoms with E-state index in [1.807, 2.05) is 7.05 Å². The lowest BCUT2D eigenvalue weighted by molar-refractivity contribution is -0.885. The highest BCUT2D eigenvalue weighted by molar-refractivity contribution is 6.42. The van der Waals surface area contributed by atoms with E-state index in [0.717, 1.165) is 10.5 Å². The Morgan fingerprint density at radius 1 is 1.21 bits per heavy atom. The van der Waals surface area contributed by atoms with Crippen LogP contribution in [0.3, 0.4) is 0 Å². The monoisotopic (exact) mass is 371 g/mol. The summed E-state index contributed by atoms with van der Waals surface area (Å²) >= 11 is 11.8. The maximum atomic E-state index is 13.7. The molecule has 2 aromatic rings. The predicted molar refractivity (Wildman–Crippen MR) is 93.5 cm³/mol. The second kappa shape index (κ2) is 8.33. The molecule has 0 aliphatic rings. The SMILES string of the molecule is COc1ccc(C[NH+](C)CC(=O)Nc2ccc(Cl)c(Cl)c2)cc1F. The maximum Gasteiger partial charge on any atom is 0.279 e. The first-order valence-electron chi connectivity index (χ1n) is 7.27. The van der Waals surface area contributed by atoms with Gasteiger partial charge in [0.25, 0.3) is 5.91 Å². The van der Waals surface area contributed by atoms with Crippen molar-refractivity contribution in [3.05, 3.63) is 57.8 Å². The van der Waals surface area contributed by atoms with E-state index in [1.165, 1.54) is 13.2 Å². The first-order chi connectivity index (χ1) is 11.4. The van der Waals surface area contributed by atoms with Crippen LogP contribution < -0.4 is 15.0 Å². The summed E-state index contributed by atoms with van der Waals surface area (Å²) < 4.78 is 18.6. The third-order valence-electron chi connectivity index (χ3n) is 3.39. The Balaban J connectivity index is 1.91. The highest BCUT2D eigenvalue weighted by Crippen LogP contribution is 2.24. The zero-order valence-corrected chi connectivity index (χ0v) is 14.8. The Labute approximate surface area is 150 Å². The number of hydrogen-bond donors (Lipinski definition) is 2. The summed E-state index contributed by atoms with van der Waals surface area (Å²) in [7, 11) is 3.28. The smallest absolute Gasteiger partial charge is 0.279 e. The fourth-order valence-corrected chi connectivity index (χ4v) is 2.58. The minimum absolute atomic E-state index is 0.167. The number of ether oxygens (including phenoxy) is 1. The van der Waals surface area contributed by atoms with Crippen LogP contribution in [-0.2, 0) is 11.3 Å². The van der Waals surface area contributed by atoms with Gasteiger partial charge in [-0.3, -0.25) is 4.79 Å². The van der Waals surface area contributed by atoms with Crippen molar-refractivity contribution < 1.29 is 18.8 Å². The number of nitrogens with one attached hydrogen (secondary N) is 2. The molecule has 7 heteroatoms. The third-order valence-corrected chi connectivity index (χ3v) is 4.13. The van der Waals surface area contributed by atoms with Crippen LogP contribution in [0.2, 0.25) is 10.0 Å². The van der Waals surface area contributed by atoms with Gasteiger partial charge in [0.1, 0.15) is 6.54 Å². The molecule has 0 aliphatic carbocycles. The van der Waals surface area contributed by atoms with Gasteiger partial charge in [0.05, 0.1) is 24.2 Å². The molecule has 0 saturated heterocycles. The molecule has 0 aromatic heterocycles. The first kappa shape index (κ1) is 18.5. The minimum atomic E-state index is -0.414. The zero-order chi connectivity index (χ0) is 17.7. The number of likely N-dealkylation sites (N-methyl/N-ethyl adjacent to an activating group) is 1. The number of amides is 1. The summed E-state index contributed by atoms with van der Waals surface area (Å²) in [6.07, 6.45) is 0. The van der Waals surface area contributed by atoms with Gasteiger partial charge in [-0.15, -0.1) is 0 Å². The molecule has 0 fully saturated rings. The van der Waals surface area contributed by atoms with Crippen molar-refractivity contribution in [3.63, 3.8) is 0 Å². The summed E-state index contributed by atoms with van der Waals surface area (Å²) in [5, 5.41) is 3.57. The average molecular weight is 372 g/mol. The van der Waals surface area contributed by atoms with Gasteiger partial charge in [-0.05, 0) is 36.4 Å². The molecule has 2 aromatic carbocycles. The number of methoxy groups -OCH3 is 1. The second-order valence-electron chi connectivity index (χ2n) is 5.46. The molecule has 0 bridgehead atoms. The Morgan fingerprint density at radius 2 is 1.96 bits per heavy atom. The van der Waals surface area contributed by atoms with Crippen molar-refractivity contribution in [1.29, 1.82) is 0 Å². The number of anilines is 1. The topological polar surface area (TPSA) is 42.8 Å². The van der Waals surface area contributed by atoms with Gasteiger partial charge < -0.3 is 15.0 Å². The summed E-state index contributed by atoms with van der Waals surface area (Å²) in [5.41, 5.74) is 1.37. The fraction of sp³-hybridized carbons (Fsp3) is 0.235. The molecule has 0 heterocycles. The van der Waals surface area contributed by atoms with Crippen LogP contribution in [0, 0.1) is 5.82 Å². The van der Waals surface area contributed by atoms with E-state index in [4.69, 9.17) is 27.9 Å². The van der Waals surface area contributed by atoms with E-state index in [1.54, 1.807) is 30.3 Å². The molecule has 1 unspecified atom stereocenters. The van der Waals surface area contributed by atoms with Crippen molar-refractivity contribution in [3.8, 4) is 5.75 Å².